The normalized spacial score (nSPS) is 14.8. The monoisotopic (exact) mass is 454 g/mol. The standard InChI is InChI=1S/C22H34N2O6S/c1-17(20-5-3-6-21(13-20)30-14-19-7-8-19)15-31(27,28)12-4-11-29-16-24(18(2)25)10-9-22(23)26/h3,5-6,13,17,19H,4,7-12,14-16H2,1-2H3,(H2,23,26)/t17-/m0/s1. The fourth-order valence-corrected chi connectivity index (χ4v) is 4.76. The Kier molecular flexibility index (Phi) is 9.77. The molecule has 1 aliphatic rings. The molecule has 2 amide bonds. The highest BCUT2D eigenvalue weighted by Gasteiger charge is 2.22. The Labute approximate surface area is 185 Å². The zero-order valence-electron chi connectivity index (χ0n) is 18.4. The molecule has 0 unspecified atom stereocenters. The van der Waals surface area contributed by atoms with Gasteiger partial charge in [-0.2, -0.15) is 0 Å². The molecule has 0 aromatic heterocycles. The highest BCUT2D eigenvalue weighted by Crippen LogP contribution is 2.30. The predicted molar refractivity (Wildman–Crippen MR) is 118 cm³/mol. The Balaban J connectivity index is 1.72. The van der Waals surface area contributed by atoms with Crippen molar-refractivity contribution < 1.29 is 27.5 Å². The highest BCUT2D eigenvalue weighted by molar-refractivity contribution is 7.91. The van der Waals surface area contributed by atoms with Crippen molar-refractivity contribution in [1.82, 2.24) is 4.90 Å². The van der Waals surface area contributed by atoms with Crippen molar-refractivity contribution in [3.05, 3.63) is 29.8 Å². The van der Waals surface area contributed by atoms with Crippen LogP contribution in [0.5, 0.6) is 5.75 Å². The molecule has 2 N–H and O–H groups in total. The van der Waals surface area contributed by atoms with Crippen molar-refractivity contribution in [2.24, 2.45) is 11.7 Å². The molecule has 8 nitrogen and oxygen atoms in total. The van der Waals surface area contributed by atoms with E-state index >= 15 is 0 Å². The quantitative estimate of drug-likeness (QED) is 0.320. The molecule has 1 aliphatic carbocycles. The maximum atomic E-state index is 12.5. The molecule has 1 aromatic carbocycles. The minimum Gasteiger partial charge on any atom is -0.493 e. The third-order valence-corrected chi connectivity index (χ3v) is 7.10. The second-order valence-electron chi connectivity index (χ2n) is 8.23. The number of ether oxygens (including phenoxy) is 2. The molecule has 174 valence electrons. The van der Waals surface area contributed by atoms with E-state index in [1.165, 1.54) is 24.7 Å². The van der Waals surface area contributed by atoms with E-state index in [0.29, 0.717) is 12.3 Å². The van der Waals surface area contributed by atoms with E-state index < -0.39 is 15.7 Å². The van der Waals surface area contributed by atoms with Gasteiger partial charge in [-0.25, -0.2) is 8.42 Å². The molecule has 1 saturated carbocycles. The molecular formula is C22H34N2O6S. The van der Waals surface area contributed by atoms with Crippen LogP contribution >= 0.6 is 0 Å². The number of carbonyl (C=O) groups is 2. The van der Waals surface area contributed by atoms with Crippen LogP contribution in [-0.4, -0.2) is 63.1 Å². The summed E-state index contributed by atoms with van der Waals surface area (Å²) in [5, 5.41) is 0. The van der Waals surface area contributed by atoms with E-state index in [-0.39, 0.29) is 49.6 Å². The van der Waals surface area contributed by atoms with Crippen molar-refractivity contribution in [2.75, 3.05) is 38.0 Å². The summed E-state index contributed by atoms with van der Waals surface area (Å²) in [6, 6.07) is 7.65. The zero-order valence-corrected chi connectivity index (χ0v) is 19.2. The first-order valence-corrected chi connectivity index (χ1v) is 12.5. The first kappa shape index (κ1) is 25.1. The summed E-state index contributed by atoms with van der Waals surface area (Å²) < 4.78 is 36.2. The molecule has 9 heteroatoms. The van der Waals surface area contributed by atoms with E-state index in [1.807, 2.05) is 31.2 Å². The number of hydrogen-bond acceptors (Lipinski definition) is 6. The number of primary amides is 1. The van der Waals surface area contributed by atoms with E-state index in [2.05, 4.69) is 0 Å². The molecule has 0 bridgehead atoms. The smallest absolute Gasteiger partial charge is 0.221 e. The summed E-state index contributed by atoms with van der Waals surface area (Å²) in [7, 11) is -3.26. The number of sulfone groups is 1. The van der Waals surface area contributed by atoms with Crippen LogP contribution in [0.25, 0.3) is 0 Å². The van der Waals surface area contributed by atoms with Gasteiger partial charge in [-0.05, 0) is 48.8 Å². The SMILES string of the molecule is CC(=O)N(CCC(N)=O)COCCCS(=O)(=O)C[C@H](C)c1cccc(OCC2CC2)c1. The average Bonchev–Trinajstić information content (AvgIpc) is 3.52. The van der Waals surface area contributed by atoms with Gasteiger partial charge in [-0.3, -0.25) is 9.59 Å². The summed E-state index contributed by atoms with van der Waals surface area (Å²) in [6.45, 7) is 4.40. The van der Waals surface area contributed by atoms with E-state index in [4.69, 9.17) is 15.2 Å². The van der Waals surface area contributed by atoms with Crippen LogP contribution < -0.4 is 10.5 Å². The van der Waals surface area contributed by atoms with Crippen LogP contribution in [0.15, 0.2) is 24.3 Å². The maximum Gasteiger partial charge on any atom is 0.221 e. The minimum absolute atomic E-state index is 0.00666. The second-order valence-corrected chi connectivity index (χ2v) is 10.5. The Morgan fingerprint density at radius 3 is 2.68 bits per heavy atom. The van der Waals surface area contributed by atoms with Crippen LogP contribution in [0.2, 0.25) is 0 Å². The first-order valence-electron chi connectivity index (χ1n) is 10.7. The van der Waals surface area contributed by atoms with Gasteiger partial charge in [0.25, 0.3) is 0 Å². The number of hydrogen-bond donors (Lipinski definition) is 1. The number of carbonyl (C=O) groups excluding carboxylic acids is 2. The molecular weight excluding hydrogens is 420 g/mol. The molecule has 1 atom stereocenters. The van der Waals surface area contributed by atoms with Gasteiger partial charge in [0.15, 0.2) is 9.84 Å². The lowest BCUT2D eigenvalue weighted by atomic mass is 10.0. The zero-order chi connectivity index (χ0) is 22.9. The van der Waals surface area contributed by atoms with Crippen LogP contribution in [-0.2, 0) is 24.2 Å². The minimum atomic E-state index is -3.26. The topological polar surface area (TPSA) is 116 Å². The fourth-order valence-electron chi connectivity index (χ4n) is 3.08. The van der Waals surface area contributed by atoms with Crippen molar-refractivity contribution in [3.63, 3.8) is 0 Å². The van der Waals surface area contributed by atoms with Crippen molar-refractivity contribution in [1.29, 1.82) is 0 Å². The number of rotatable bonds is 15. The summed E-state index contributed by atoms with van der Waals surface area (Å²) in [5.41, 5.74) is 6.04. The molecule has 0 radical (unpaired) electrons. The van der Waals surface area contributed by atoms with Crippen molar-refractivity contribution in [3.8, 4) is 5.75 Å². The predicted octanol–water partition coefficient (Wildman–Crippen LogP) is 2.08. The number of nitrogens with zero attached hydrogens (tertiary/aromatic N) is 1. The second kappa shape index (κ2) is 12.0. The third kappa shape index (κ3) is 10.1. The number of benzene rings is 1. The molecule has 1 aromatic rings. The molecule has 31 heavy (non-hydrogen) atoms. The molecule has 1 fully saturated rings. The number of nitrogens with two attached hydrogens (primary N) is 1. The maximum absolute atomic E-state index is 12.5. The molecule has 2 rings (SSSR count). The Morgan fingerprint density at radius 2 is 2.03 bits per heavy atom. The summed E-state index contributed by atoms with van der Waals surface area (Å²) in [4.78, 5) is 23.7. The van der Waals surface area contributed by atoms with Crippen LogP contribution in [0.1, 0.15) is 51.0 Å². The molecule has 0 aliphatic heterocycles. The lowest BCUT2D eigenvalue weighted by Crippen LogP contribution is -2.34. The van der Waals surface area contributed by atoms with E-state index in [0.717, 1.165) is 17.9 Å². The van der Waals surface area contributed by atoms with Crippen LogP contribution in [0.4, 0.5) is 0 Å². The van der Waals surface area contributed by atoms with Gasteiger partial charge in [-0.1, -0.05) is 19.1 Å². The first-order chi connectivity index (χ1) is 14.7. The number of amides is 2. The third-order valence-electron chi connectivity index (χ3n) is 5.18. The summed E-state index contributed by atoms with van der Waals surface area (Å²) >= 11 is 0. The Bertz CT molecular complexity index is 838. The lowest BCUT2D eigenvalue weighted by molar-refractivity contribution is -0.135. The fraction of sp³-hybridized carbons (Fsp3) is 0.636. The van der Waals surface area contributed by atoms with Crippen LogP contribution in [0, 0.1) is 5.92 Å². The van der Waals surface area contributed by atoms with Gasteiger partial charge in [-0.15, -0.1) is 0 Å². The summed E-state index contributed by atoms with van der Waals surface area (Å²) in [5.74, 6) is 0.645. The van der Waals surface area contributed by atoms with Crippen molar-refractivity contribution in [2.45, 2.75) is 45.4 Å². The lowest BCUT2D eigenvalue weighted by Gasteiger charge is -2.20. The van der Waals surface area contributed by atoms with E-state index in [1.54, 1.807) is 0 Å². The Morgan fingerprint density at radius 1 is 1.29 bits per heavy atom. The van der Waals surface area contributed by atoms with Gasteiger partial charge in [0.05, 0.1) is 18.1 Å². The summed E-state index contributed by atoms with van der Waals surface area (Å²) in [6.07, 6.45) is 2.83. The van der Waals surface area contributed by atoms with Crippen molar-refractivity contribution >= 4 is 21.7 Å². The highest BCUT2D eigenvalue weighted by atomic mass is 32.2. The van der Waals surface area contributed by atoms with Gasteiger partial charge < -0.3 is 20.1 Å². The largest absolute Gasteiger partial charge is 0.493 e. The van der Waals surface area contributed by atoms with Gasteiger partial charge in [0, 0.05) is 26.5 Å². The molecule has 0 spiro atoms. The molecule has 0 saturated heterocycles. The Hall–Kier alpha value is -2.13. The van der Waals surface area contributed by atoms with E-state index in [9.17, 15) is 18.0 Å². The van der Waals surface area contributed by atoms with Gasteiger partial charge >= 0.3 is 0 Å². The average molecular weight is 455 g/mol. The molecule has 0 heterocycles. The van der Waals surface area contributed by atoms with Gasteiger partial charge in [0.1, 0.15) is 12.5 Å². The van der Waals surface area contributed by atoms with Gasteiger partial charge in [0.2, 0.25) is 11.8 Å². The van der Waals surface area contributed by atoms with Crippen LogP contribution in [0.3, 0.4) is 0 Å².